The van der Waals surface area contributed by atoms with Crippen molar-refractivity contribution in [2.24, 2.45) is 0 Å². The van der Waals surface area contributed by atoms with Gasteiger partial charge in [-0.2, -0.15) is 0 Å². The van der Waals surface area contributed by atoms with E-state index < -0.39 is 0 Å². The molecule has 90 valence electrons. The maximum Gasteiger partial charge on any atom is 0.163 e. The molecule has 3 rings (SSSR count). The first-order chi connectivity index (χ1) is 8.95. The van der Waals surface area contributed by atoms with Gasteiger partial charge in [-0.25, -0.2) is 11.0 Å². The van der Waals surface area contributed by atoms with Gasteiger partial charge in [0, 0.05) is 23.5 Å². The molecule has 0 aliphatic carbocycles. The zero-order chi connectivity index (χ0) is 12.2. The summed E-state index contributed by atoms with van der Waals surface area (Å²) in [6, 6.07) is 7.91. The highest BCUT2D eigenvalue weighted by Crippen LogP contribution is 2.27. The van der Waals surface area contributed by atoms with Gasteiger partial charge in [-0.05, 0) is 24.3 Å². The molecule has 2 heterocycles. The van der Waals surface area contributed by atoms with E-state index in [0.29, 0.717) is 0 Å². The Kier molecular flexibility index (Phi) is 2.75. The number of hydroxylamine groups is 2. The van der Waals surface area contributed by atoms with E-state index in [1.54, 1.807) is 12.4 Å². The van der Waals surface area contributed by atoms with Crippen molar-refractivity contribution in [1.82, 2.24) is 11.0 Å². The summed E-state index contributed by atoms with van der Waals surface area (Å²) in [6.07, 6.45) is 11.1. The van der Waals surface area contributed by atoms with Crippen LogP contribution >= 0.6 is 0 Å². The highest BCUT2D eigenvalue weighted by molar-refractivity contribution is 5.76. The monoisotopic (exact) mass is 240 g/mol. The smallest absolute Gasteiger partial charge is 0.163 e. The lowest BCUT2D eigenvalue weighted by Gasteiger charge is -2.18. The van der Waals surface area contributed by atoms with Crippen molar-refractivity contribution in [3.8, 4) is 0 Å². The van der Waals surface area contributed by atoms with E-state index in [-0.39, 0.29) is 0 Å². The molecule has 1 aromatic carbocycles. The van der Waals surface area contributed by atoms with E-state index in [0.717, 1.165) is 22.6 Å². The van der Waals surface area contributed by atoms with Gasteiger partial charge in [0.1, 0.15) is 0 Å². The van der Waals surface area contributed by atoms with E-state index >= 15 is 0 Å². The van der Waals surface area contributed by atoms with E-state index in [1.807, 2.05) is 48.6 Å². The molecule has 2 aliphatic rings. The van der Waals surface area contributed by atoms with Gasteiger partial charge in [0.15, 0.2) is 11.5 Å². The summed E-state index contributed by atoms with van der Waals surface area (Å²) in [5.74, 6) is 1.51. The highest BCUT2D eigenvalue weighted by atomic mass is 16.7. The lowest BCUT2D eigenvalue weighted by atomic mass is 10.0. The molecule has 18 heavy (non-hydrogen) atoms. The normalized spacial score (nSPS) is 16.7. The van der Waals surface area contributed by atoms with E-state index in [9.17, 15) is 0 Å². The molecule has 2 aliphatic heterocycles. The molecule has 0 saturated carbocycles. The Morgan fingerprint density at radius 1 is 0.722 bits per heavy atom. The van der Waals surface area contributed by atoms with Crippen molar-refractivity contribution in [3.63, 3.8) is 0 Å². The van der Waals surface area contributed by atoms with Crippen molar-refractivity contribution >= 4 is 11.5 Å². The fourth-order valence-corrected chi connectivity index (χ4v) is 1.81. The van der Waals surface area contributed by atoms with E-state index in [4.69, 9.17) is 9.68 Å². The Morgan fingerprint density at radius 2 is 1.22 bits per heavy atom. The van der Waals surface area contributed by atoms with Crippen LogP contribution in [-0.2, 0) is 9.68 Å². The minimum atomic E-state index is 0.757. The summed E-state index contributed by atoms with van der Waals surface area (Å²) in [7, 11) is 0. The summed E-state index contributed by atoms with van der Waals surface area (Å²) in [5, 5.41) is 0. The number of hydrogen-bond donors (Lipinski definition) is 2. The number of nitrogens with one attached hydrogen (secondary N) is 2. The molecule has 0 atom stereocenters. The summed E-state index contributed by atoms with van der Waals surface area (Å²) >= 11 is 0. The molecule has 0 saturated heterocycles. The average molecular weight is 240 g/mol. The lowest BCUT2D eigenvalue weighted by molar-refractivity contribution is 0.193. The quantitative estimate of drug-likeness (QED) is 0.833. The molecule has 2 N–H and O–H groups in total. The number of rotatable bonds is 2. The number of hydrogen-bond acceptors (Lipinski definition) is 4. The van der Waals surface area contributed by atoms with Crippen molar-refractivity contribution < 1.29 is 9.68 Å². The predicted molar refractivity (Wildman–Crippen MR) is 69.1 cm³/mol. The molecule has 0 radical (unpaired) electrons. The van der Waals surface area contributed by atoms with Crippen molar-refractivity contribution in [2.75, 3.05) is 0 Å². The van der Waals surface area contributed by atoms with Gasteiger partial charge in [0.05, 0.1) is 0 Å². The number of allylic oxidation sites excluding steroid dienone is 4. The van der Waals surface area contributed by atoms with Crippen LogP contribution in [0.2, 0.25) is 0 Å². The molecule has 0 amide bonds. The Labute approximate surface area is 105 Å². The van der Waals surface area contributed by atoms with Crippen LogP contribution in [0.3, 0.4) is 0 Å². The fourth-order valence-electron chi connectivity index (χ4n) is 1.81. The van der Waals surface area contributed by atoms with Crippen molar-refractivity contribution in [3.05, 3.63) is 72.1 Å². The highest BCUT2D eigenvalue weighted by Gasteiger charge is 2.15. The van der Waals surface area contributed by atoms with Crippen LogP contribution in [-0.4, -0.2) is 0 Å². The molecular formula is C14H12N2O2. The first-order valence-electron chi connectivity index (χ1n) is 5.63. The summed E-state index contributed by atoms with van der Waals surface area (Å²) in [5.41, 5.74) is 7.39. The first kappa shape index (κ1) is 10.5. The van der Waals surface area contributed by atoms with Crippen LogP contribution in [0.5, 0.6) is 0 Å². The third kappa shape index (κ3) is 1.96. The Bertz CT molecular complexity index is 520. The fraction of sp³-hybridized carbons (Fsp3) is 0. The topological polar surface area (TPSA) is 42.5 Å². The van der Waals surface area contributed by atoms with Crippen LogP contribution in [0, 0.1) is 0 Å². The molecule has 4 heteroatoms. The standard InChI is InChI=1S/C14H12N2O2/c1-2-6-12(14-8-4-10-16-18-14)11(5-1)13-7-3-9-15-17-13/h1-10,15-16H. The molecule has 1 aromatic rings. The molecule has 0 fully saturated rings. The maximum atomic E-state index is 5.40. The second-order valence-corrected chi connectivity index (χ2v) is 3.77. The molecule has 4 nitrogen and oxygen atoms in total. The second-order valence-electron chi connectivity index (χ2n) is 3.77. The van der Waals surface area contributed by atoms with Gasteiger partial charge < -0.3 is 9.68 Å². The maximum absolute atomic E-state index is 5.40. The third-order valence-corrected chi connectivity index (χ3v) is 2.62. The molecule has 0 unspecified atom stereocenters. The summed E-state index contributed by atoms with van der Waals surface area (Å²) in [6.45, 7) is 0. The van der Waals surface area contributed by atoms with Gasteiger partial charge in [0.25, 0.3) is 0 Å². The van der Waals surface area contributed by atoms with Crippen LogP contribution in [0.4, 0.5) is 0 Å². The largest absolute Gasteiger partial charge is 0.382 e. The zero-order valence-electron chi connectivity index (χ0n) is 9.59. The van der Waals surface area contributed by atoms with Gasteiger partial charge in [0.2, 0.25) is 0 Å². The molecule has 0 spiro atoms. The van der Waals surface area contributed by atoms with E-state index in [1.165, 1.54) is 0 Å². The Morgan fingerprint density at radius 3 is 1.61 bits per heavy atom. The summed E-state index contributed by atoms with van der Waals surface area (Å²) in [4.78, 5) is 10.8. The van der Waals surface area contributed by atoms with Crippen molar-refractivity contribution in [2.45, 2.75) is 0 Å². The van der Waals surface area contributed by atoms with Gasteiger partial charge in [-0.15, -0.1) is 0 Å². The van der Waals surface area contributed by atoms with Gasteiger partial charge >= 0.3 is 0 Å². The Balaban J connectivity index is 2.04. The van der Waals surface area contributed by atoms with E-state index in [2.05, 4.69) is 11.0 Å². The van der Waals surface area contributed by atoms with Crippen LogP contribution in [0.15, 0.2) is 61.0 Å². The van der Waals surface area contributed by atoms with Crippen LogP contribution in [0.1, 0.15) is 11.1 Å². The second kappa shape index (κ2) is 4.71. The molecule has 0 aromatic heterocycles. The predicted octanol–water partition coefficient (Wildman–Crippen LogP) is 2.47. The average Bonchev–Trinajstić information content (AvgIpc) is 2.49. The first-order valence-corrected chi connectivity index (χ1v) is 5.63. The molecular weight excluding hydrogens is 228 g/mol. The SMILES string of the molecule is C1=CNOC(c2ccccc2C2=CC=CNO2)=C1. The molecule has 0 bridgehead atoms. The van der Waals surface area contributed by atoms with Crippen LogP contribution < -0.4 is 11.0 Å². The van der Waals surface area contributed by atoms with Gasteiger partial charge in [-0.3, -0.25) is 0 Å². The minimum Gasteiger partial charge on any atom is -0.382 e. The lowest BCUT2D eigenvalue weighted by Crippen LogP contribution is -2.12. The minimum absolute atomic E-state index is 0.757. The zero-order valence-corrected chi connectivity index (χ0v) is 9.59. The third-order valence-electron chi connectivity index (χ3n) is 2.62. The van der Waals surface area contributed by atoms with Gasteiger partial charge in [-0.1, -0.05) is 24.3 Å². The van der Waals surface area contributed by atoms with Crippen LogP contribution in [0.25, 0.3) is 11.5 Å². The number of benzene rings is 1. The summed E-state index contributed by atoms with van der Waals surface area (Å²) < 4.78 is 0. The van der Waals surface area contributed by atoms with Crippen molar-refractivity contribution in [1.29, 1.82) is 0 Å². The Hall–Kier alpha value is -2.62.